The summed E-state index contributed by atoms with van der Waals surface area (Å²) in [6.07, 6.45) is 3.40. The van der Waals surface area contributed by atoms with Crippen molar-refractivity contribution < 1.29 is 14.4 Å². The molecule has 0 aliphatic heterocycles. The first kappa shape index (κ1) is 18.6. The van der Waals surface area contributed by atoms with Gasteiger partial charge in [0, 0.05) is 18.1 Å². The van der Waals surface area contributed by atoms with Gasteiger partial charge in [0.05, 0.1) is 29.5 Å². The van der Waals surface area contributed by atoms with E-state index in [2.05, 4.69) is 31.2 Å². The Morgan fingerprint density at radius 1 is 1.31 bits per heavy atom. The standard InChI is InChI=1S/C19H28N4O3/c1-12-9-15(26-22-12)10-18(25)20-17-11-16(21-23(17)19(2,3)4)13-5-7-14(24)8-6-13/h9,11,13-14,24H,5-8,10H2,1-4H3,(H,20,25)/t13-,14+. The van der Waals surface area contributed by atoms with Crippen LogP contribution in [0.1, 0.15) is 69.5 Å². The number of nitrogens with one attached hydrogen (secondary N) is 1. The molecule has 2 aromatic rings. The van der Waals surface area contributed by atoms with Gasteiger partial charge in [-0.15, -0.1) is 0 Å². The maximum absolute atomic E-state index is 12.4. The highest BCUT2D eigenvalue weighted by atomic mass is 16.5. The van der Waals surface area contributed by atoms with Crippen LogP contribution in [0, 0.1) is 6.92 Å². The van der Waals surface area contributed by atoms with Gasteiger partial charge in [0.15, 0.2) is 0 Å². The van der Waals surface area contributed by atoms with Crippen molar-refractivity contribution in [3.8, 4) is 0 Å². The Balaban J connectivity index is 1.77. The fourth-order valence-corrected chi connectivity index (χ4v) is 3.42. The molecule has 0 unspecified atom stereocenters. The van der Waals surface area contributed by atoms with Crippen LogP contribution in [-0.4, -0.2) is 32.1 Å². The lowest BCUT2D eigenvalue weighted by Gasteiger charge is -2.24. The molecule has 1 saturated carbocycles. The average molecular weight is 360 g/mol. The predicted molar refractivity (Wildman–Crippen MR) is 98.0 cm³/mol. The minimum atomic E-state index is -0.252. The van der Waals surface area contributed by atoms with Gasteiger partial charge in [0.2, 0.25) is 5.91 Å². The smallest absolute Gasteiger partial charge is 0.233 e. The zero-order valence-corrected chi connectivity index (χ0v) is 16.0. The molecule has 7 nitrogen and oxygen atoms in total. The van der Waals surface area contributed by atoms with Gasteiger partial charge in [0.25, 0.3) is 0 Å². The van der Waals surface area contributed by atoms with Crippen LogP contribution in [0.5, 0.6) is 0 Å². The molecular formula is C19H28N4O3. The third-order valence-corrected chi connectivity index (χ3v) is 4.76. The Kier molecular flexibility index (Phi) is 5.18. The van der Waals surface area contributed by atoms with Crippen molar-refractivity contribution >= 4 is 11.7 Å². The molecule has 1 aliphatic carbocycles. The van der Waals surface area contributed by atoms with Crippen molar-refractivity contribution in [2.75, 3.05) is 5.32 Å². The summed E-state index contributed by atoms with van der Waals surface area (Å²) < 4.78 is 7.00. The number of carbonyl (C=O) groups excluding carboxylic acids is 1. The summed E-state index contributed by atoms with van der Waals surface area (Å²) in [6.45, 7) is 8.00. The van der Waals surface area contributed by atoms with Gasteiger partial charge in [-0.2, -0.15) is 5.10 Å². The zero-order valence-electron chi connectivity index (χ0n) is 16.0. The lowest BCUT2D eigenvalue weighted by atomic mass is 9.85. The maximum Gasteiger partial charge on any atom is 0.233 e. The van der Waals surface area contributed by atoms with Crippen LogP contribution in [0.3, 0.4) is 0 Å². The van der Waals surface area contributed by atoms with Crippen molar-refractivity contribution in [3.05, 3.63) is 29.3 Å². The number of carbonyl (C=O) groups is 1. The van der Waals surface area contributed by atoms with Crippen molar-refractivity contribution in [2.24, 2.45) is 0 Å². The third kappa shape index (κ3) is 4.33. The summed E-state index contributed by atoms with van der Waals surface area (Å²) in [5.41, 5.74) is 1.49. The van der Waals surface area contributed by atoms with E-state index in [4.69, 9.17) is 9.62 Å². The highest BCUT2D eigenvalue weighted by Gasteiger charge is 2.27. The molecule has 2 heterocycles. The monoisotopic (exact) mass is 360 g/mol. The second-order valence-electron chi connectivity index (χ2n) is 8.20. The second-order valence-corrected chi connectivity index (χ2v) is 8.20. The molecular weight excluding hydrogens is 332 g/mol. The molecule has 1 fully saturated rings. The molecule has 1 amide bonds. The van der Waals surface area contributed by atoms with Gasteiger partial charge in [-0.25, -0.2) is 4.68 Å². The Hall–Kier alpha value is -2.15. The lowest BCUT2D eigenvalue weighted by molar-refractivity contribution is -0.115. The van der Waals surface area contributed by atoms with E-state index in [0.29, 0.717) is 17.5 Å². The number of hydrogen-bond acceptors (Lipinski definition) is 5. The number of nitrogens with zero attached hydrogens (tertiary/aromatic N) is 3. The SMILES string of the molecule is Cc1cc(CC(=O)Nc2cc([C@H]3CC[C@@H](O)CC3)nn2C(C)(C)C)on1. The largest absolute Gasteiger partial charge is 0.393 e. The highest BCUT2D eigenvalue weighted by Crippen LogP contribution is 2.34. The molecule has 0 radical (unpaired) electrons. The van der Waals surface area contributed by atoms with Crippen molar-refractivity contribution in [1.29, 1.82) is 0 Å². The second kappa shape index (κ2) is 7.23. The quantitative estimate of drug-likeness (QED) is 0.874. The Morgan fingerprint density at radius 2 is 2.00 bits per heavy atom. The van der Waals surface area contributed by atoms with Gasteiger partial charge < -0.3 is 14.9 Å². The number of hydrogen-bond donors (Lipinski definition) is 2. The number of aliphatic hydroxyl groups is 1. The third-order valence-electron chi connectivity index (χ3n) is 4.76. The number of rotatable bonds is 4. The summed E-state index contributed by atoms with van der Waals surface area (Å²) in [5, 5.41) is 21.3. The maximum atomic E-state index is 12.4. The average Bonchev–Trinajstić information content (AvgIpc) is 3.14. The van der Waals surface area contributed by atoms with E-state index in [1.54, 1.807) is 6.07 Å². The van der Waals surface area contributed by atoms with E-state index < -0.39 is 0 Å². The van der Waals surface area contributed by atoms with Crippen LogP contribution >= 0.6 is 0 Å². The fourth-order valence-electron chi connectivity index (χ4n) is 3.42. The summed E-state index contributed by atoms with van der Waals surface area (Å²) in [7, 11) is 0. The number of aryl methyl sites for hydroxylation is 1. The van der Waals surface area contributed by atoms with Gasteiger partial charge in [0.1, 0.15) is 11.6 Å². The lowest BCUT2D eigenvalue weighted by Crippen LogP contribution is -2.27. The van der Waals surface area contributed by atoms with Gasteiger partial charge in [-0.3, -0.25) is 4.79 Å². The predicted octanol–water partition coefficient (Wildman–Crippen LogP) is 3.13. The van der Waals surface area contributed by atoms with Crippen LogP contribution in [0.25, 0.3) is 0 Å². The van der Waals surface area contributed by atoms with Crippen LogP contribution < -0.4 is 5.32 Å². The van der Waals surface area contributed by atoms with Gasteiger partial charge in [-0.05, 0) is 53.4 Å². The van der Waals surface area contributed by atoms with Crippen molar-refractivity contribution in [2.45, 2.75) is 77.4 Å². The topological polar surface area (TPSA) is 93.2 Å². The molecule has 0 spiro atoms. The van der Waals surface area contributed by atoms with Crippen LogP contribution in [0.15, 0.2) is 16.7 Å². The minimum absolute atomic E-state index is 0.140. The zero-order chi connectivity index (χ0) is 18.9. The highest BCUT2D eigenvalue weighted by molar-refractivity contribution is 5.91. The van der Waals surface area contributed by atoms with E-state index in [9.17, 15) is 9.90 Å². The van der Waals surface area contributed by atoms with E-state index in [1.807, 2.05) is 17.7 Å². The molecule has 142 valence electrons. The molecule has 0 atom stereocenters. The Morgan fingerprint density at radius 3 is 2.58 bits per heavy atom. The molecule has 0 bridgehead atoms. The normalized spacial score (nSPS) is 21.0. The van der Waals surface area contributed by atoms with E-state index in [-0.39, 0.29) is 24.0 Å². The summed E-state index contributed by atoms with van der Waals surface area (Å²) in [4.78, 5) is 12.4. The molecule has 26 heavy (non-hydrogen) atoms. The molecule has 1 aliphatic rings. The number of aromatic nitrogens is 3. The van der Waals surface area contributed by atoms with Crippen LogP contribution in [0.4, 0.5) is 5.82 Å². The molecule has 0 aromatic carbocycles. The first-order chi connectivity index (χ1) is 12.2. The molecule has 3 rings (SSSR count). The molecule has 2 N–H and O–H groups in total. The molecule has 2 aromatic heterocycles. The van der Waals surface area contributed by atoms with Crippen molar-refractivity contribution in [1.82, 2.24) is 14.9 Å². The van der Waals surface area contributed by atoms with E-state index >= 15 is 0 Å². The van der Waals surface area contributed by atoms with Gasteiger partial charge >= 0.3 is 0 Å². The van der Waals surface area contributed by atoms with E-state index in [0.717, 1.165) is 37.1 Å². The Labute approximate surface area is 153 Å². The first-order valence-electron chi connectivity index (χ1n) is 9.23. The number of amides is 1. The van der Waals surface area contributed by atoms with Crippen molar-refractivity contribution in [3.63, 3.8) is 0 Å². The number of anilines is 1. The van der Waals surface area contributed by atoms with Crippen LogP contribution in [-0.2, 0) is 16.8 Å². The minimum Gasteiger partial charge on any atom is -0.393 e. The summed E-state index contributed by atoms with van der Waals surface area (Å²) in [6, 6.07) is 3.73. The fraction of sp³-hybridized carbons (Fsp3) is 0.632. The summed E-state index contributed by atoms with van der Waals surface area (Å²) >= 11 is 0. The van der Waals surface area contributed by atoms with E-state index in [1.165, 1.54) is 0 Å². The molecule has 0 saturated heterocycles. The summed E-state index contributed by atoms with van der Waals surface area (Å²) in [5.74, 6) is 1.41. The van der Waals surface area contributed by atoms with Crippen LogP contribution in [0.2, 0.25) is 0 Å². The molecule has 7 heteroatoms. The first-order valence-corrected chi connectivity index (χ1v) is 9.23. The Bertz CT molecular complexity index is 764. The number of aliphatic hydroxyl groups excluding tert-OH is 1. The van der Waals surface area contributed by atoms with Gasteiger partial charge in [-0.1, -0.05) is 5.16 Å².